The molecule has 0 spiro atoms. The van der Waals surface area contributed by atoms with E-state index in [1.807, 2.05) is 0 Å². The monoisotopic (exact) mass is 376 g/mol. The van der Waals surface area contributed by atoms with Crippen LogP contribution in [0.1, 0.15) is 26.3 Å². The molecule has 2 aromatic carbocycles. The van der Waals surface area contributed by atoms with Crippen LogP contribution in [0.2, 0.25) is 0 Å². The molecule has 26 heavy (non-hydrogen) atoms. The lowest BCUT2D eigenvalue weighted by Crippen LogP contribution is -2.28. The number of hydrogen-bond donors (Lipinski definition) is 0. The zero-order valence-corrected chi connectivity index (χ0v) is 15.9. The van der Waals surface area contributed by atoms with Crippen LogP contribution in [0.25, 0.3) is 0 Å². The van der Waals surface area contributed by atoms with Crippen LogP contribution in [-0.4, -0.2) is 32.4 Å². The van der Waals surface area contributed by atoms with Gasteiger partial charge in [-0.15, -0.1) is 4.40 Å². The van der Waals surface area contributed by atoms with Gasteiger partial charge in [0.25, 0.3) is 11.6 Å². The maximum atomic E-state index is 13.3. The van der Waals surface area contributed by atoms with Crippen LogP contribution >= 0.6 is 0 Å². The minimum absolute atomic E-state index is 0.0521. The van der Waals surface area contributed by atoms with Gasteiger partial charge in [0.1, 0.15) is 16.8 Å². The molecule has 0 amide bonds. The number of hydrogen-bond acceptors (Lipinski definition) is 3. The molecule has 0 N–H and O–H groups in total. The Kier molecular flexibility index (Phi) is 6.26. The van der Waals surface area contributed by atoms with Crippen molar-refractivity contribution < 1.29 is 18.1 Å². The van der Waals surface area contributed by atoms with Gasteiger partial charge in [-0.25, -0.2) is 8.60 Å². The van der Waals surface area contributed by atoms with Gasteiger partial charge in [-0.05, 0) is 45.0 Å². The summed E-state index contributed by atoms with van der Waals surface area (Å²) in [6.07, 6.45) is 0. The lowest BCUT2D eigenvalue weighted by Gasteiger charge is -2.16. The van der Waals surface area contributed by atoms with Crippen molar-refractivity contribution in [2.75, 3.05) is 7.11 Å². The quantitative estimate of drug-likeness (QED) is 0.267. The second-order valence-electron chi connectivity index (χ2n) is 6.45. The number of ether oxygens (including phenoxy) is 1. The van der Waals surface area contributed by atoms with Crippen molar-refractivity contribution in [3.8, 4) is 0 Å². The van der Waals surface area contributed by atoms with Crippen LogP contribution in [0.15, 0.2) is 59.0 Å². The summed E-state index contributed by atoms with van der Waals surface area (Å²) >= 11 is 0. The first-order valence-corrected chi connectivity index (χ1v) is 9.05. The van der Waals surface area contributed by atoms with Gasteiger partial charge in [0, 0.05) is 12.1 Å². The van der Waals surface area contributed by atoms with E-state index in [1.54, 1.807) is 51.1 Å². The topological polar surface area (TPSA) is 64.7 Å². The number of nitrogens with zero attached hydrogens (tertiary/aromatic N) is 2. The first-order valence-electron chi connectivity index (χ1n) is 7.94. The number of benzene rings is 2. The Morgan fingerprint density at radius 3 is 2.19 bits per heavy atom. The van der Waals surface area contributed by atoms with Crippen molar-refractivity contribution in [3.05, 3.63) is 71.2 Å². The summed E-state index contributed by atoms with van der Waals surface area (Å²) in [6.45, 7) is 5.30. The van der Waals surface area contributed by atoms with E-state index in [1.165, 1.54) is 31.4 Å². The number of methoxy groups -OCH3 is 1. The molecule has 0 saturated carbocycles. The van der Waals surface area contributed by atoms with Gasteiger partial charge in [-0.3, -0.25) is 0 Å². The molecule has 0 aromatic heterocycles. The summed E-state index contributed by atoms with van der Waals surface area (Å²) in [5, 5.41) is 13.0. The fourth-order valence-corrected chi connectivity index (χ4v) is 2.60. The Morgan fingerprint density at radius 2 is 1.69 bits per heavy atom. The fourth-order valence-electron chi connectivity index (χ4n) is 2.02. The van der Waals surface area contributed by atoms with Gasteiger partial charge in [0.2, 0.25) is 5.69 Å². The predicted molar refractivity (Wildman–Crippen MR) is 103 cm³/mol. The van der Waals surface area contributed by atoms with Crippen molar-refractivity contribution in [2.24, 2.45) is 4.40 Å². The average molecular weight is 376 g/mol. The summed E-state index contributed by atoms with van der Waals surface area (Å²) in [5.41, 5.74) is 0.797. The molecule has 0 aliphatic rings. The normalized spacial score (nSPS) is 14.6. The molecule has 0 fully saturated rings. The van der Waals surface area contributed by atoms with Gasteiger partial charge in [0.15, 0.2) is 0 Å². The van der Waals surface area contributed by atoms with Crippen molar-refractivity contribution >= 4 is 28.3 Å². The molecule has 0 heterocycles. The third-order valence-electron chi connectivity index (χ3n) is 3.40. The summed E-state index contributed by atoms with van der Waals surface area (Å²) in [5.74, 6) is -0.511. The summed E-state index contributed by atoms with van der Waals surface area (Å²) < 4.78 is 35.1. The van der Waals surface area contributed by atoms with Crippen LogP contribution in [0, 0.1) is 11.0 Å². The van der Waals surface area contributed by atoms with E-state index in [9.17, 15) is 13.8 Å². The Hall–Kier alpha value is -2.54. The predicted octanol–water partition coefficient (Wildman–Crippen LogP) is 3.96. The molecule has 0 saturated heterocycles. The largest absolute Gasteiger partial charge is 0.618 e. The molecule has 0 bridgehead atoms. The van der Waals surface area contributed by atoms with Crippen molar-refractivity contribution in [1.82, 2.24) is 0 Å². The molecule has 7 heteroatoms. The van der Waals surface area contributed by atoms with Crippen LogP contribution in [0.4, 0.5) is 10.1 Å². The van der Waals surface area contributed by atoms with E-state index >= 15 is 0 Å². The van der Waals surface area contributed by atoms with Crippen LogP contribution in [0.3, 0.4) is 0 Å². The molecule has 138 valence electrons. The number of para-hydroxylation sites is 1. The van der Waals surface area contributed by atoms with Gasteiger partial charge >= 0.3 is 0 Å². The number of rotatable bonds is 4. The summed E-state index contributed by atoms with van der Waals surface area (Å²) in [6, 6.07) is 13.9. The molecular formula is C19H21FN2O3S. The summed E-state index contributed by atoms with van der Waals surface area (Å²) in [7, 11) is -0.288. The van der Waals surface area contributed by atoms with E-state index in [0.29, 0.717) is 16.0 Å². The minimum Gasteiger partial charge on any atom is -0.618 e. The highest BCUT2D eigenvalue weighted by Gasteiger charge is 2.27. The molecular weight excluding hydrogens is 355 g/mol. The van der Waals surface area contributed by atoms with E-state index in [4.69, 9.17) is 4.74 Å². The highest BCUT2D eigenvalue weighted by atomic mass is 32.2. The van der Waals surface area contributed by atoms with Crippen LogP contribution in [-0.2, 0) is 15.7 Å². The number of halogens is 1. The first-order chi connectivity index (χ1) is 12.2. The standard InChI is InChI=1S/C19H21FN2O3S/c1-19(2,3)26(24)21-18(25-4)17(14-10-12-15(20)13-11-14)22(23)16-8-6-5-7-9-16/h5-13H,1-4H3/b21-18+,22-17+/t26-/m1/s1. The first kappa shape index (κ1) is 19.8. The Labute approximate surface area is 155 Å². The van der Waals surface area contributed by atoms with Gasteiger partial charge in [0.05, 0.1) is 17.4 Å². The summed E-state index contributed by atoms with van der Waals surface area (Å²) in [4.78, 5) is 0. The maximum Gasteiger partial charge on any atom is 0.298 e. The Balaban J connectivity index is 2.69. The van der Waals surface area contributed by atoms with E-state index in [-0.39, 0.29) is 11.6 Å². The van der Waals surface area contributed by atoms with E-state index in [0.717, 1.165) is 0 Å². The smallest absolute Gasteiger partial charge is 0.298 e. The third kappa shape index (κ3) is 4.76. The van der Waals surface area contributed by atoms with E-state index in [2.05, 4.69) is 4.40 Å². The zero-order valence-electron chi connectivity index (χ0n) is 15.1. The van der Waals surface area contributed by atoms with Crippen LogP contribution in [0.5, 0.6) is 0 Å². The zero-order chi connectivity index (χ0) is 19.3. The van der Waals surface area contributed by atoms with Crippen LogP contribution < -0.4 is 0 Å². The SMILES string of the molecule is COC(=N/[S@](=O)C(C)(C)C)/C(c1ccc(F)cc1)=[N+](/[O-])c1ccccc1. The second kappa shape index (κ2) is 8.23. The Bertz CT molecular complexity index is 841. The van der Waals surface area contributed by atoms with E-state index < -0.39 is 21.5 Å². The average Bonchev–Trinajstić information content (AvgIpc) is 2.62. The molecule has 0 aliphatic carbocycles. The molecule has 0 radical (unpaired) electrons. The molecule has 0 aliphatic heterocycles. The van der Waals surface area contributed by atoms with Crippen molar-refractivity contribution in [1.29, 1.82) is 0 Å². The van der Waals surface area contributed by atoms with Crippen molar-refractivity contribution in [3.63, 3.8) is 0 Å². The second-order valence-corrected chi connectivity index (χ2v) is 8.35. The Morgan fingerprint density at radius 1 is 1.12 bits per heavy atom. The fraction of sp³-hybridized carbons (Fsp3) is 0.263. The minimum atomic E-state index is -1.64. The lowest BCUT2D eigenvalue weighted by molar-refractivity contribution is -0.358. The third-order valence-corrected chi connectivity index (χ3v) is 4.78. The molecule has 5 nitrogen and oxygen atoms in total. The van der Waals surface area contributed by atoms with Gasteiger partial charge in [-0.2, -0.15) is 4.74 Å². The lowest BCUT2D eigenvalue weighted by atomic mass is 10.1. The molecule has 0 unspecified atom stereocenters. The van der Waals surface area contributed by atoms with Crippen molar-refractivity contribution in [2.45, 2.75) is 25.5 Å². The molecule has 1 atom stereocenters. The molecule has 2 rings (SSSR count). The van der Waals surface area contributed by atoms with Gasteiger partial charge < -0.3 is 9.94 Å². The highest BCUT2D eigenvalue weighted by Crippen LogP contribution is 2.17. The van der Waals surface area contributed by atoms with Gasteiger partial charge in [-0.1, -0.05) is 18.2 Å². The maximum absolute atomic E-state index is 13.3. The molecule has 2 aromatic rings. The highest BCUT2D eigenvalue weighted by molar-refractivity contribution is 7.85.